The average molecular weight is 560 g/mol. The van der Waals surface area contributed by atoms with Gasteiger partial charge in [-0.25, -0.2) is 9.18 Å². The zero-order valence-electron chi connectivity index (χ0n) is 24.0. The van der Waals surface area contributed by atoms with Crippen molar-refractivity contribution in [2.45, 2.75) is 65.6 Å². The summed E-state index contributed by atoms with van der Waals surface area (Å²) in [5.74, 6) is -2.76. The molecular formula is C33H34FNO6. The standard InChI is InChI=1S/C33H34FNO6/c1-18-16-25-22(13-14-35(25)31(37)28(36)20-10-7-6-8-11-20)27(26(18)30(32(38)39)41-33(3,4)5)23-17-24(34)29-21(19(23)2)12-9-15-40-29/h6-8,10-11,16-17,30H,9,12-15H2,1-5H3,(H,38,39)/t30-/m0/s1. The third-order valence-corrected chi connectivity index (χ3v) is 7.67. The van der Waals surface area contributed by atoms with Crippen molar-refractivity contribution in [3.63, 3.8) is 0 Å². The van der Waals surface area contributed by atoms with Crippen LogP contribution in [0.1, 0.15) is 71.5 Å². The third kappa shape index (κ3) is 5.24. The maximum absolute atomic E-state index is 15.5. The number of carboxylic acid groups (broad SMARTS) is 1. The molecule has 0 saturated carbocycles. The highest BCUT2D eigenvalue weighted by Crippen LogP contribution is 2.47. The van der Waals surface area contributed by atoms with Crippen molar-refractivity contribution in [1.29, 1.82) is 0 Å². The van der Waals surface area contributed by atoms with Gasteiger partial charge >= 0.3 is 5.97 Å². The fraction of sp³-hybridized carbons (Fsp3) is 0.364. The van der Waals surface area contributed by atoms with Crippen LogP contribution in [-0.2, 0) is 27.2 Å². The number of nitrogens with zero attached hydrogens (tertiary/aromatic N) is 1. The summed E-state index contributed by atoms with van der Waals surface area (Å²) >= 11 is 0. The molecule has 0 saturated heterocycles. The molecule has 3 aromatic carbocycles. The molecule has 0 aromatic heterocycles. The number of hydrogen-bond acceptors (Lipinski definition) is 5. The Bertz CT molecular complexity index is 1560. The van der Waals surface area contributed by atoms with Crippen LogP contribution in [0.5, 0.6) is 5.75 Å². The molecule has 2 aliphatic rings. The van der Waals surface area contributed by atoms with Crippen LogP contribution in [0.3, 0.4) is 0 Å². The molecule has 214 valence electrons. The number of ketones is 1. The quantitative estimate of drug-likeness (QED) is 0.288. The van der Waals surface area contributed by atoms with E-state index in [4.69, 9.17) is 9.47 Å². The van der Waals surface area contributed by atoms with E-state index in [2.05, 4.69) is 0 Å². The Labute approximate surface area is 238 Å². The van der Waals surface area contributed by atoms with Crippen molar-refractivity contribution in [3.05, 3.63) is 81.7 Å². The Hall–Kier alpha value is -4.04. The average Bonchev–Trinajstić information content (AvgIpc) is 3.35. The first-order valence-corrected chi connectivity index (χ1v) is 13.8. The van der Waals surface area contributed by atoms with Gasteiger partial charge in [-0.15, -0.1) is 0 Å². The fourth-order valence-electron chi connectivity index (χ4n) is 5.89. The van der Waals surface area contributed by atoms with E-state index in [1.54, 1.807) is 64.1 Å². The van der Waals surface area contributed by atoms with Crippen LogP contribution in [0.15, 0.2) is 42.5 Å². The molecule has 41 heavy (non-hydrogen) atoms. The molecule has 0 aliphatic carbocycles. The predicted octanol–water partition coefficient (Wildman–Crippen LogP) is 6.15. The summed E-state index contributed by atoms with van der Waals surface area (Å²) in [5, 5.41) is 10.4. The number of ether oxygens (including phenoxy) is 2. The summed E-state index contributed by atoms with van der Waals surface area (Å²) in [7, 11) is 0. The number of Topliss-reactive ketones (excluding diaryl/α,β-unsaturated/α-hetero) is 1. The number of benzene rings is 3. The topological polar surface area (TPSA) is 93.1 Å². The predicted molar refractivity (Wildman–Crippen MR) is 153 cm³/mol. The van der Waals surface area contributed by atoms with Crippen LogP contribution in [0, 0.1) is 19.7 Å². The van der Waals surface area contributed by atoms with Crippen molar-refractivity contribution in [2.75, 3.05) is 18.1 Å². The highest BCUT2D eigenvalue weighted by atomic mass is 19.1. The Morgan fingerprint density at radius 1 is 1.05 bits per heavy atom. The fourth-order valence-corrected chi connectivity index (χ4v) is 5.89. The van der Waals surface area contributed by atoms with Gasteiger partial charge in [0, 0.05) is 28.9 Å². The molecule has 1 N–H and O–H groups in total. The van der Waals surface area contributed by atoms with Crippen molar-refractivity contribution in [1.82, 2.24) is 0 Å². The highest BCUT2D eigenvalue weighted by Gasteiger charge is 2.38. The minimum atomic E-state index is -1.35. The van der Waals surface area contributed by atoms with Gasteiger partial charge in [-0.1, -0.05) is 30.3 Å². The normalized spacial score (nSPS) is 15.1. The highest BCUT2D eigenvalue weighted by molar-refractivity contribution is 6.47. The Balaban J connectivity index is 1.75. The van der Waals surface area contributed by atoms with Gasteiger partial charge in [0.05, 0.1) is 12.2 Å². The maximum atomic E-state index is 15.5. The minimum Gasteiger partial charge on any atom is -0.490 e. The summed E-state index contributed by atoms with van der Waals surface area (Å²) in [6.07, 6.45) is 0.388. The number of carbonyl (C=O) groups is 3. The van der Waals surface area contributed by atoms with Crippen LogP contribution in [0.2, 0.25) is 0 Å². The van der Waals surface area contributed by atoms with Gasteiger partial charge in [0.1, 0.15) is 0 Å². The number of hydrogen-bond donors (Lipinski definition) is 1. The maximum Gasteiger partial charge on any atom is 0.337 e. The lowest BCUT2D eigenvalue weighted by Crippen LogP contribution is -2.35. The first kappa shape index (κ1) is 28.5. The van der Waals surface area contributed by atoms with Crippen LogP contribution in [0.25, 0.3) is 11.1 Å². The number of amides is 1. The summed E-state index contributed by atoms with van der Waals surface area (Å²) in [5.41, 5.74) is 4.29. The van der Waals surface area contributed by atoms with Crippen LogP contribution < -0.4 is 9.64 Å². The number of anilines is 1. The number of aliphatic carboxylic acids is 1. The molecule has 0 fully saturated rings. The second-order valence-electron chi connectivity index (χ2n) is 11.6. The van der Waals surface area contributed by atoms with E-state index < -0.39 is 35.2 Å². The van der Waals surface area contributed by atoms with E-state index in [1.807, 2.05) is 6.92 Å². The SMILES string of the molecule is Cc1cc2c(c(-c3cc(F)c4c(c3C)CCCO4)c1[C@H](OC(C)(C)C)C(=O)O)CCN2C(=O)C(=O)c1ccccc1. The molecule has 8 heteroatoms. The lowest BCUT2D eigenvalue weighted by molar-refractivity contribution is -0.160. The molecule has 7 nitrogen and oxygen atoms in total. The monoisotopic (exact) mass is 559 g/mol. The Kier molecular flexibility index (Phi) is 7.46. The van der Waals surface area contributed by atoms with Crippen LogP contribution in [0.4, 0.5) is 10.1 Å². The summed E-state index contributed by atoms with van der Waals surface area (Å²) in [6, 6.07) is 11.5. The number of rotatable bonds is 6. The number of halogens is 1. The number of carbonyl (C=O) groups excluding carboxylic acids is 2. The van der Waals surface area contributed by atoms with Gasteiger partial charge in [0.25, 0.3) is 11.7 Å². The van der Waals surface area contributed by atoms with E-state index in [9.17, 15) is 19.5 Å². The molecule has 2 heterocycles. The molecule has 1 atom stereocenters. The zero-order valence-corrected chi connectivity index (χ0v) is 24.0. The molecule has 3 aromatic rings. The lowest BCUT2D eigenvalue weighted by Gasteiger charge is -2.30. The van der Waals surface area contributed by atoms with Crippen molar-refractivity contribution >= 4 is 23.3 Å². The van der Waals surface area contributed by atoms with Gasteiger partial charge in [0.15, 0.2) is 17.7 Å². The second kappa shape index (κ2) is 10.7. The van der Waals surface area contributed by atoms with E-state index in [0.29, 0.717) is 53.0 Å². The van der Waals surface area contributed by atoms with E-state index >= 15 is 4.39 Å². The molecule has 0 bridgehead atoms. The van der Waals surface area contributed by atoms with Crippen molar-refractivity contribution in [3.8, 4) is 16.9 Å². The second-order valence-corrected chi connectivity index (χ2v) is 11.6. The molecule has 5 rings (SSSR count). The van der Waals surface area contributed by atoms with Crippen LogP contribution in [-0.4, -0.2) is 41.5 Å². The van der Waals surface area contributed by atoms with Gasteiger partial charge in [-0.2, -0.15) is 0 Å². The van der Waals surface area contributed by atoms with Crippen LogP contribution >= 0.6 is 0 Å². The molecule has 0 unspecified atom stereocenters. The summed E-state index contributed by atoms with van der Waals surface area (Å²) in [4.78, 5) is 40.7. The van der Waals surface area contributed by atoms with E-state index in [1.165, 1.54) is 11.0 Å². The van der Waals surface area contributed by atoms with Gasteiger partial charge in [-0.3, -0.25) is 9.59 Å². The number of aryl methyl sites for hydroxylation is 1. The molecule has 2 aliphatic heterocycles. The zero-order chi connectivity index (χ0) is 29.6. The molecule has 1 amide bonds. The largest absolute Gasteiger partial charge is 0.490 e. The van der Waals surface area contributed by atoms with Crippen molar-refractivity contribution < 1.29 is 33.4 Å². The summed E-state index contributed by atoms with van der Waals surface area (Å²) < 4.78 is 27.3. The van der Waals surface area contributed by atoms with Gasteiger partial charge in [-0.05, 0) is 93.8 Å². The lowest BCUT2D eigenvalue weighted by atomic mass is 9.83. The number of fused-ring (bicyclic) bond motifs is 2. The minimum absolute atomic E-state index is 0.231. The summed E-state index contributed by atoms with van der Waals surface area (Å²) in [6.45, 7) is 9.65. The van der Waals surface area contributed by atoms with E-state index in [-0.39, 0.29) is 17.9 Å². The van der Waals surface area contributed by atoms with Gasteiger partial charge in [0.2, 0.25) is 0 Å². The van der Waals surface area contributed by atoms with Gasteiger partial charge < -0.3 is 19.5 Å². The van der Waals surface area contributed by atoms with Crippen molar-refractivity contribution in [2.24, 2.45) is 0 Å². The molecule has 0 spiro atoms. The molecule has 0 radical (unpaired) electrons. The number of carboxylic acids is 1. The first-order valence-electron chi connectivity index (χ1n) is 13.8. The third-order valence-electron chi connectivity index (χ3n) is 7.67. The molecular weight excluding hydrogens is 525 g/mol. The first-order chi connectivity index (χ1) is 19.4. The Morgan fingerprint density at radius 3 is 2.41 bits per heavy atom. The van der Waals surface area contributed by atoms with E-state index in [0.717, 1.165) is 17.5 Å². The Morgan fingerprint density at radius 2 is 1.76 bits per heavy atom. The smallest absolute Gasteiger partial charge is 0.337 e.